The highest BCUT2D eigenvalue weighted by Crippen LogP contribution is 2.19. The lowest BCUT2D eigenvalue weighted by Gasteiger charge is -2.22. The highest BCUT2D eigenvalue weighted by Gasteiger charge is 2.25. The van der Waals surface area contributed by atoms with E-state index in [0.717, 1.165) is 37.6 Å². The quantitative estimate of drug-likeness (QED) is 0.515. The summed E-state index contributed by atoms with van der Waals surface area (Å²) in [7, 11) is 1.85. The largest absolute Gasteiger partial charge is 0.376 e. The van der Waals surface area contributed by atoms with Crippen molar-refractivity contribution in [1.82, 2.24) is 15.2 Å². The van der Waals surface area contributed by atoms with Crippen LogP contribution in [0.2, 0.25) is 0 Å². The van der Waals surface area contributed by atoms with Crippen molar-refractivity contribution in [3.8, 4) is 0 Å². The van der Waals surface area contributed by atoms with Gasteiger partial charge in [0.2, 0.25) is 0 Å². The van der Waals surface area contributed by atoms with Crippen LogP contribution >= 0.6 is 0 Å². The molecule has 29 heavy (non-hydrogen) atoms. The molecule has 1 aromatic heterocycles. The van der Waals surface area contributed by atoms with Crippen molar-refractivity contribution in [1.29, 1.82) is 0 Å². The molecule has 0 aliphatic carbocycles. The standard InChI is InChI=1S/C24H28N4O/c1-25-24(27-15-22-10-5-9-21-11-6-13-26-23(21)22)28-14-12-20(16-28)18-29-17-19-7-3-2-4-8-19/h2-11,13,20H,12,14-18H2,1H3,(H,25,27). The van der Waals surface area contributed by atoms with Gasteiger partial charge in [0, 0.05) is 44.2 Å². The van der Waals surface area contributed by atoms with Gasteiger partial charge in [-0.15, -0.1) is 0 Å². The van der Waals surface area contributed by atoms with Gasteiger partial charge in [0.25, 0.3) is 0 Å². The van der Waals surface area contributed by atoms with Gasteiger partial charge in [-0.25, -0.2) is 0 Å². The minimum absolute atomic E-state index is 0.538. The lowest BCUT2D eigenvalue weighted by molar-refractivity contribution is 0.0906. The van der Waals surface area contributed by atoms with E-state index >= 15 is 0 Å². The number of hydrogen-bond acceptors (Lipinski definition) is 3. The zero-order valence-electron chi connectivity index (χ0n) is 16.9. The number of hydrogen-bond donors (Lipinski definition) is 1. The third-order valence-corrected chi connectivity index (χ3v) is 5.42. The number of nitrogens with zero attached hydrogens (tertiary/aromatic N) is 3. The van der Waals surface area contributed by atoms with Crippen molar-refractivity contribution in [3.63, 3.8) is 0 Å². The Morgan fingerprint density at radius 3 is 2.86 bits per heavy atom. The molecule has 2 aromatic carbocycles. The number of benzene rings is 2. The average Bonchev–Trinajstić information content (AvgIpc) is 3.24. The third-order valence-electron chi connectivity index (χ3n) is 5.42. The molecule has 1 aliphatic heterocycles. The Morgan fingerprint density at radius 1 is 1.14 bits per heavy atom. The fourth-order valence-corrected chi connectivity index (χ4v) is 3.90. The average molecular weight is 389 g/mol. The number of fused-ring (bicyclic) bond motifs is 1. The summed E-state index contributed by atoms with van der Waals surface area (Å²) in [5.41, 5.74) is 3.46. The number of likely N-dealkylation sites (tertiary alicyclic amines) is 1. The maximum atomic E-state index is 5.95. The number of aromatic nitrogens is 1. The van der Waals surface area contributed by atoms with Crippen molar-refractivity contribution in [2.45, 2.75) is 19.6 Å². The lowest BCUT2D eigenvalue weighted by Crippen LogP contribution is -2.39. The predicted molar refractivity (Wildman–Crippen MR) is 118 cm³/mol. The number of para-hydroxylation sites is 1. The van der Waals surface area contributed by atoms with Crippen LogP contribution in [0.1, 0.15) is 17.5 Å². The molecule has 5 nitrogen and oxygen atoms in total. The van der Waals surface area contributed by atoms with E-state index in [4.69, 9.17) is 4.74 Å². The molecule has 4 rings (SSSR count). The number of ether oxygens (including phenoxy) is 1. The summed E-state index contributed by atoms with van der Waals surface area (Å²) in [6.45, 7) is 4.16. The Morgan fingerprint density at radius 2 is 2.00 bits per heavy atom. The third kappa shape index (κ3) is 4.93. The second-order valence-electron chi connectivity index (χ2n) is 7.49. The zero-order chi connectivity index (χ0) is 19.9. The van der Waals surface area contributed by atoms with Crippen molar-refractivity contribution in [3.05, 3.63) is 78.0 Å². The van der Waals surface area contributed by atoms with E-state index in [9.17, 15) is 0 Å². The highest BCUT2D eigenvalue weighted by atomic mass is 16.5. The first-order chi connectivity index (χ1) is 14.3. The fraction of sp³-hybridized carbons (Fsp3) is 0.333. The Labute approximate surface area is 172 Å². The number of rotatable bonds is 6. The first-order valence-electron chi connectivity index (χ1n) is 10.2. The Kier molecular flexibility index (Phi) is 6.37. The zero-order valence-corrected chi connectivity index (χ0v) is 16.9. The second-order valence-corrected chi connectivity index (χ2v) is 7.49. The van der Waals surface area contributed by atoms with Crippen molar-refractivity contribution in [2.24, 2.45) is 10.9 Å². The Balaban J connectivity index is 1.28. The summed E-state index contributed by atoms with van der Waals surface area (Å²) in [6.07, 6.45) is 2.98. The van der Waals surface area contributed by atoms with Crippen LogP contribution < -0.4 is 5.32 Å². The second kappa shape index (κ2) is 9.52. The highest BCUT2D eigenvalue weighted by molar-refractivity contribution is 5.83. The SMILES string of the molecule is CN=C(NCc1cccc2cccnc12)N1CCC(COCc2ccccc2)C1. The minimum atomic E-state index is 0.538. The van der Waals surface area contributed by atoms with Gasteiger partial charge in [-0.2, -0.15) is 0 Å². The van der Waals surface area contributed by atoms with Gasteiger partial charge in [0.05, 0.1) is 18.7 Å². The number of nitrogens with one attached hydrogen (secondary N) is 1. The molecular formula is C24H28N4O. The van der Waals surface area contributed by atoms with E-state index in [2.05, 4.69) is 68.7 Å². The van der Waals surface area contributed by atoms with Crippen molar-refractivity contribution in [2.75, 3.05) is 26.7 Å². The smallest absolute Gasteiger partial charge is 0.193 e. The molecule has 2 heterocycles. The monoisotopic (exact) mass is 388 g/mol. The summed E-state index contributed by atoms with van der Waals surface area (Å²) in [4.78, 5) is 11.4. The van der Waals surface area contributed by atoms with Crippen LogP contribution in [0.25, 0.3) is 10.9 Å². The number of guanidine groups is 1. The fourth-order valence-electron chi connectivity index (χ4n) is 3.90. The van der Waals surface area contributed by atoms with Crippen molar-refractivity contribution >= 4 is 16.9 Å². The van der Waals surface area contributed by atoms with Gasteiger partial charge >= 0.3 is 0 Å². The molecule has 0 radical (unpaired) electrons. The van der Waals surface area contributed by atoms with Crippen LogP contribution in [0.5, 0.6) is 0 Å². The molecule has 5 heteroatoms. The van der Waals surface area contributed by atoms with E-state index in [-0.39, 0.29) is 0 Å². The van der Waals surface area contributed by atoms with Gasteiger partial charge < -0.3 is 15.0 Å². The van der Waals surface area contributed by atoms with Crippen LogP contribution in [-0.4, -0.2) is 42.6 Å². The van der Waals surface area contributed by atoms with Gasteiger partial charge in [0.15, 0.2) is 5.96 Å². The molecule has 3 aromatic rings. The first kappa shape index (κ1) is 19.4. The van der Waals surface area contributed by atoms with Gasteiger partial charge in [-0.05, 0) is 23.6 Å². The minimum Gasteiger partial charge on any atom is -0.376 e. The van der Waals surface area contributed by atoms with Gasteiger partial charge in [-0.3, -0.25) is 9.98 Å². The van der Waals surface area contributed by atoms with E-state index in [0.29, 0.717) is 19.1 Å². The predicted octanol–water partition coefficient (Wildman–Crippen LogP) is 3.85. The first-order valence-corrected chi connectivity index (χ1v) is 10.2. The lowest BCUT2D eigenvalue weighted by atomic mass is 10.1. The Hall–Kier alpha value is -2.92. The molecule has 1 unspecified atom stereocenters. The summed E-state index contributed by atoms with van der Waals surface area (Å²) < 4.78 is 5.95. The van der Waals surface area contributed by atoms with Crippen LogP contribution in [0.3, 0.4) is 0 Å². The molecule has 0 amide bonds. The van der Waals surface area contributed by atoms with E-state index in [1.54, 1.807) is 0 Å². The molecule has 1 saturated heterocycles. The molecule has 1 aliphatic rings. The Bertz CT molecular complexity index is 952. The summed E-state index contributed by atoms with van der Waals surface area (Å²) in [5.74, 6) is 1.49. The molecule has 1 atom stereocenters. The van der Waals surface area contributed by atoms with Crippen LogP contribution in [0, 0.1) is 5.92 Å². The maximum absolute atomic E-state index is 5.95. The summed E-state index contributed by atoms with van der Waals surface area (Å²) >= 11 is 0. The molecule has 1 fully saturated rings. The summed E-state index contributed by atoms with van der Waals surface area (Å²) in [5, 5.41) is 4.68. The van der Waals surface area contributed by atoms with Crippen molar-refractivity contribution < 1.29 is 4.74 Å². The molecule has 0 bridgehead atoms. The topological polar surface area (TPSA) is 49.8 Å². The van der Waals surface area contributed by atoms with Gasteiger partial charge in [0.1, 0.15) is 0 Å². The normalized spacial score (nSPS) is 17.1. The molecule has 0 saturated carbocycles. The van der Waals surface area contributed by atoms with E-state index in [1.807, 2.05) is 25.4 Å². The van der Waals surface area contributed by atoms with E-state index < -0.39 is 0 Å². The maximum Gasteiger partial charge on any atom is 0.193 e. The number of aliphatic imine (C=N–C) groups is 1. The van der Waals surface area contributed by atoms with Crippen LogP contribution in [-0.2, 0) is 17.9 Å². The molecule has 1 N–H and O–H groups in total. The molecular weight excluding hydrogens is 360 g/mol. The summed E-state index contributed by atoms with van der Waals surface area (Å²) in [6, 6.07) is 20.7. The number of pyridine rings is 1. The molecule has 0 spiro atoms. The van der Waals surface area contributed by atoms with Gasteiger partial charge in [-0.1, -0.05) is 54.6 Å². The molecule has 150 valence electrons. The van der Waals surface area contributed by atoms with Crippen LogP contribution in [0.15, 0.2) is 71.9 Å². The van der Waals surface area contributed by atoms with Crippen LogP contribution in [0.4, 0.5) is 0 Å². The van der Waals surface area contributed by atoms with E-state index in [1.165, 1.54) is 16.5 Å².